The second kappa shape index (κ2) is 9.75. The molecule has 0 radical (unpaired) electrons. The molecule has 0 saturated heterocycles. The van der Waals surface area contributed by atoms with E-state index in [1.165, 1.54) is 4.57 Å². The highest BCUT2D eigenvalue weighted by atomic mass is 15.2. The molecular weight excluding hydrogens is 538 g/mol. The number of rotatable bonds is 4. The summed E-state index contributed by atoms with van der Waals surface area (Å²) in [6, 6.07) is 22.7. The molecule has 0 spiro atoms. The Morgan fingerprint density at radius 2 is 0.886 bits per heavy atom. The van der Waals surface area contributed by atoms with Crippen molar-refractivity contribution < 1.29 is 13.7 Å². The van der Waals surface area contributed by atoms with E-state index in [1.807, 2.05) is 60.7 Å². The smallest absolute Gasteiger partial charge is 0.238 e. The fourth-order valence-corrected chi connectivity index (χ4v) is 5.74. The van der Waals surface area contributed by atoms with E-state index in [0.717, 1.165) is 0 Å². The summed E-state index contributed by atoms with van der Waals surface area (Å²) in [6.45, 7) is 0. The third-order valence-corrected chi connectivity index (χ3v) is 7.64. The van der Waals surface area contributed by atoms with E-state index >= 15 is 0 Å². The molecule has 6 aromatic carbocycles. The summed E-state index contributed by atoms with van der Waals surface area (Å²) in [4.78, 5) is 14.6. The summed E-state index contributed by atoms with van der Waals surface area (Å²) in [7, 11) is 0. The highest BCUT2D eigenvalue weighted by Crippen LogP contribution is 2.41. The van der Waals surface area contributed by atoms with Crippen LogP contribution in [-0.4, -0.2) is 24.1 Å². The number of fused-ring (bicyclic) bond motifs is 7. The molecule has 0 aliphatic heterocycles. The summed E-state index contributed by atoms with van der Waals surface area (Å²) < 4.78 is 93.1. The lowest BCUT2D eigenvalue weighted by molar-refractivity contribution is 0.953. The first kappa shape index (κ1) is 16.5. The van der Waals surface area contributed by atoms with Gasteiger partial charge in [0.2, 0.25) is 5.95 Å². The van der Waals surface area contributed by atoms with Gasteiger partial charge in [-0.05, 0) is 24.2 Å². The second-order valence-electron chi connectivity index (χ2n) is 10.2. The molecule has 0 amide bonds. The molecule has 0 saturated carbocycles. The Kier molecular flexibility index (Phi) is 3.66. The van der Waals surface area contributed by atoms with Gasteiger partial charge in [-0.2, -0.15) is 9.97 Å². The zero-order valence-electron chi connectivity index (χ0n) is 32.9. The number of hydrogen-bond donors (Lipinski definition) is 0. The molecule has 9 rings (SSSR count). The van der Waals surface area contributed by atoms with Gasteiger partial charge in [0.1, 0.15) is 0 Å². The van der Waals surface area contributed by atoms with Gasteiger partial charge < -0.3 is 4.57 Å². The second-order valence-corrected chi connectivity index (χ2v) is 10.2. The Bertz CT molecular complexity index is 2980. The molecule has 206 valence electrons. The van der Waals surface area contributed by atoms with Gasteiger partial charge in [0.05, 0.1) is 35.8 Å². The Morgan fingerprint density at radius 3 is 1.43 bits per heavy atom. The first-order chi connectivity index (χ1) is 26.0. The van der Waals surface area contributed by atoms with Crippen LogP contribution < -0.4 is 0 Å². The zero-order valence-corrected chi connectivity index (χ0v) is 22.9. The maximum atomic E-state index is 9.47. The molecule has 0 unspecified atom stereocenters. The fourth-order valence-electron chi connectivity index (χ4n) is 5.74. The van der Waals surface area contributed by atoms with Gasteiger partial charge in [-0.15, -0.1) is 0 Å². The Morgan fingerprint density at radius 1 is 0.432 bits per heavy atom. The average molecular weight is 574 g/mol. The van der Waals surface area contributed by atoms with Gasteiger partial charge in [-0.1, -0.05) is 127 Å². The van der Waals surface area contributed by atoms with Crippen LogP contribution in [0, 0.1) is 0 Å². The molecule has 0 N–H and O–H groups in total. The molecule has 0 aliphatic carbocycles. The van der Waals surface area contributed by atoms with Crippen molar-refractivity contribution in [3.05, 3.63) is 151 Å². The maximum absolute atomic E-state index is 9.47. The van der Waals surface area contributed by atoms with Crippen LogP contribution in [0.15, 0.2) is 151 Å². The van der Waals surface area contributed by atoms with Crippen LogP contribution >= 0.6 is 0 Å². The molecular formula is C39H25N5. The molecule has 5 heteroatoms. The van der Waals surface area contributed by atoms with Gasteiger partial charge in [-0.25, -0.2) is 4.98 Å². The maximum Gasteiger partial charge on any atom is 0.238 e. The van der Waals surface area contributed by atoms with Crippen molar-refractivity contribution in [2.24, 2.45) is 0 Å². The predicted octanol–water partition coefficient (Wildman–Crippen LogP) is 9.40. The highest BCUT2D eigenvalue weighted by Gasteiger charge is 2.23. The van der Waals surface area contributed by atoms with Crippen molar-refractivity contribution in [3.63, 3.8) is 0 Å². The lowest BCUT2D eigenvalue weighted by Crippen LogP contribution is -2.07. The molecule has 0 atom stereocenters. The molecule has 3 aromatic heterocycles. The van der Waals surface area contributed by atoms with Crippen LogP contribution in [0.25, 0.3) is 78.0 Å². The third kappa shape index (κ3) is 3.69. The highest BCUT2D eigenvalue weighted by molar-refractivity contribution is 6.23. The Hall–Kier alpha value is -6.07. The summed E-state index contributed by atoms with van der Waals surface area (Å²) in [5.74, 6) is 0.478. The van der Waals surface area contributed by atoms with E-state index in [1.54, 1.807) is 34.9 Å². The molecule has 0 aliphatic rings. The Balaban J connectivity index is 1.62. The van der Waals surface area contributed by atoms with Crippen LogP contribution in [0.1, 0.15) is 13.7 Å². The predicted molar refractivity (Wildman–Crippen MR) is 179 cm³/mol. The number of benzene rings is 6. The van der Waals surface area contributed by atoms with Crippen molar-refractivity contribution in [2.45, 2.75) is 0 Å². The molecule has 9 aromatic rings. The Labute approximate surface area is 267 Å². The molecule has 3 heterocycles. The van der Waals surface area contributed by atoms with Gasteiger partial charge >= 0.3 is 0 Å². The standard InChI is InChI=1S/C39H25N5/c1-4-14-26(15-5-1)37-40-38(27-16-6-2-7-17-27)42-39(41-37)44-34-23-13-11-21-30(34)32-25-24-31-29-20-10-12-22-33(29)43(35(31)36(32)44)28-18-8-3-9-19-28/h1-25H/i10D,11D,12D,13D,20D,21D,22D,23D,24D,25D. The van der Waals surface area contributed by atoms with Crippen molar-refractivity contribution in [1.29, 1.82) is 0 Å². The number of aromatic nitrogens is 5. The summed E-state index contributed by atoms with van der Waals surface area (Å²) in [5, 5.41) is 0.0249. The molecule has 44 heavy (non-hydrogen) atoms. The van der Waals surface area contributed by atoms with E-state index in [0.29, 0.717) is 16.8 Å². The third-order valence-electron chi connectivity index (χ3n) is 7.64. The van der Waals surface area contributed by atoms with E-state index in [4.69, 9.17) is 24.5 Å². The van der Waals surface area contributed by atoms with Crippen molar-refractivity contribution >= 4 is 43.6 Å². The van der Waals surface area contributed by atoms with Gasteiger partial charge in [-0.3, -0.25) is 4.57 Å². The average Bonchev–Trinajstić information content (AvgIpc) is 3.76. The minimum atomic E-state index is -0.536. The first-order valence-electron chi connectivity index (χ1n) is 18.9. The minimum absolute atomic E-state index is 0.00711. The fraction of sp³-hybridized carbons (Fsp3) is 0. The SMILES string of the molecule is [2H]c1c([2H])c([2H])c2c(c1[2H])c1c([2H])c([2H])c3c4c([2H])c([2H])c([2H])c([2H])c4n(-c4nc(-c5ccccc5)nc(-c5ccccc5)n4)c3c1n2-c1ccccc1. The van der Waals surface area contributed by atoms with Gasteiger partial charge in [0.15, 0.2) is 11.6 Å². The van der Waals surface area contributed by atoms with Gasteiger partial charge in [0.25, 0.3) is 0 Å². The van der Waals surface area contributed by atoms with E-state index in [9.17, 15) is 4.11 Å². The minimum Gasteiger partial charge on any atom is -0.307 e. The lowest BCUT2D eigenvalue weighted by atomic mass is 10.1. The molecule has 0 fully saturated rings. The van der Waals surface area contributed by atoms with Crippen LogP contribution in [0.3, 0.4) is 0 Å². The van der Waals surface area contributed by atoms with Crippen molar-refractivity contribution in [3.8, 4) is 34.4 Å². The zero-order chi connectivity index (χ0) is 37.7. The van der Waals surface area contributed by atoms with Crippen LogP contribution in [-0.2, 0) is 0 Å². The van der Waals surface area contributed by atoms with E-state index in [2.05, 4.69) is 0 Å². The number of para-hydroxylation sites is 3. The van der Waals surface area contributed by atoms with E-state index in [-0.39, 0.29) is 73.3 Å². The first-order valence-corrected chi connectivity index (χ1v) is 13.9. The van der Waals surface area contributed by atoms with Crippen LogP contribution in [0.5, 0.6) is 0 Å². The summed E-state index contributed by atoms with van der Waals surface area (Å²) in [5.41, 5.74) is 2.06. The topological polar surface area (TPSA) is 48.5 Å². The lowest BCUT2D eigenvalue weighted by Gasteiger charge is -2.13. The van der Waals surface area contributed by atoms with E-state index < -0.39 is 48.3 Å². The van der Waals surface area contributed by atoms with Crippen LogP contribution in [0.4, 0.5) is 0 Å². The molecule has 0 bridgehead atoms. The summed E-state index contributed by atoms with van der Waals surface area (Å²) >= 11 is 0. The largest absolute Gasteiger partial charge is 0.307 e. The number of hydrogen-bond acceptors (Lipinski definition) is 3. The number of nitrogens with zero attached hydrogens (tertiary/aromatic N) is 5. The quantitative estimate of drug-likeness (QED) is 0.211. The molecule has 5 nitrogen and oxygen atoms in total. The van der Waals surface area contributed by atoms with Crippen LogP contribution in [0.2, 0.25) is 0 Å². The monoisotopic (exact) mass is 573 g/mol. The van der Waals surface area contributed by atoms with Crippen molar-refractivity contribution in [1.82, 2.24) is 24.1 Å². The summed E-state index contributed by atoms with van der Waals surface area (Å²) in [6.07, 6.45) is 0. The normalized spacial score (nSPS) is 14.8. The van der Waals surface area contributed by atoms with Gasteiger partial charge in [0, 0.05) is 38.4 Å². The van der Waals surface area contributed by atoms with Crippen molar-refractivity contribution in [2.75, 3.05) is 0 Å².